The van der Waals surface area contributed by atoms with Gasteiger partial charge < -0.3 is 19.3 Å². The van der Waals surface area contributed by atoms with Crippen LogP contribution in [0.2, 0.25) is 0 Å². The van der Waals surface area contributed by atoms with Crippen LogP contribution in [0.4, 0.5) is 0 Å². The third kappa shape index (κ3) is 2.59. The molecular weight excluding hydrogens is 296 g/mol. The van der Waals surface area contributed by atoms with E-state index in [9.17, 15) is 10.2 Å². The number of benzene rings is 2. The number of fused-ring (bicyclic) bond motifs is 1. The van der Waals surface area contributed by atoms with Crippen molar-refractivity contribution in [3.05, 3.63) is 53.1 Å². The van der Waals surface area contributed by atoms with Crippen molar-refractivity contribution in [2.24, 2.45) is 0 Å². The van der Waals surface area contributed by atoms with Crippen LogP contribution in [-0.2, 0) is 16.5 Å². The molecule has 0 amide bonds. The quantitative estimate of drug-likeness (QED) is 0.944. The molecule has 0 saturated heterocycles. The van der Waals surface area contributed by atoms with Crippen LogP contribution in [0.1, 0.15) is 16.7 Å². The maximum absolute atomic E-state index is 12.5. The first-order valence-electron chi connectivity index (χ1n) is 7.10. The van der Waals surface area contributed by atoms with Gasteiger partial charge in [-0.2, -0.15) is 0 Å². The molecule has 0 saturated carbocycles. The Morgan fingerprint density at radius 2 is 1.78 bits per heavy atom. The zero-order valence-electron chi connectivity index (χ0n) is 12.9. The molecule has 0 aromatic heterocycles. The second-order valence-electron chi connectivity index (χ2n) is 5.06. The number of ether oxygens (including phenoxy) is 3. The van der Waals surface area contributed by atoms with Gasteiger partial charge in [0, 0.05) is 11.1 Å². The number of methoxy groups -OCH3 is 2. The van der Waals surface area contributed by atoms with Gasteiger partial charge in [0.25, 0.3) is 0 Å². The van der Waals surface area contributed by atoms with E-state index in [1.165, 1.54) is 14.2 Å². The van der Waals surface area contributed by atoms with Crippen molar-refractivity contribution >= 4 is 5.57 Å². The summed E-state index contributed by atoms with van der Waals surface area (Å²) in [5.74, 6) is -0.455. The van der Waals surface area contributed by atoms with Crippen molar-refractivity contribution in [1.29, 1.82) is 0 Å². The molecule has 1 N–H and O–H groups in total. The molecule has 23 heavy (non-hydrogen) atoms. The highest BCUT2D eigenvalue weighted by molar-refractivity contribution is 5.82. The molecule has 0 bridgehead atoms. The van der Waals surface area contributed by atoms with Crippen molar-refractivity contribution in [2.75, 3.05) is 20.8 Å². The number of phenolic OH excluding ortho intramolecular Hbond substituents is 1. The van der Waals surface area contributed by atoms with E-state index < -0.39 is 0 Å². The summed E-state index contributed by atoms with van der Waals surface area (Å²) in [6.45, 7) is 0.367. The van der Waals surface area contributed by atoms with Crippen LogP contribution in [0.15, 0.2) is 30.3 Å². The lowest BCUT2D eigenvalue weighted by Crippen LogP contribution is -2.11. The first kappa shape index (κ1) is 15.2. The standard InChI is InChI=1S/C18H16O5/c1-21-17-15(19)13-10-23-9-12(8-11-6-4-3-5-7-11)14(13)16(20)18(17)22-2/h3-7,20H,9-10H2,1-2H3. The molecule has 1 aliphatic heterocycles. The summed E-state index contributed by atoms with van der Waals surface area (Å²) in [6.07, 6.45) is 3.19. The Morgan fingerprint density at radius 3 is 2.43 bits per heavy atom. The monoisotopic (exact) mass is 312 g/mol. The number of aromatic hydroxyl groups is 1. The Hall–Kier alpha value is -2.66. The SMILES string of the molecule is COc1c([O])c2c(c(O)c1OC)C(=[C]c1ccccc1)COC2. The fourth-order valence-electron chi connectivity index (χ4n) is 2.68. The van der Waals surface area contributed by atoms with Crippen molar-refractivity contribution < 1.29 is 24.4 Å². The Labute approximate surface area is 134 Å². The van der Waals surface area contributed by atoms with Crippen LogP contribution in [0.25, 0.3) is 5.57 Å². The Kier molecular flexibility index (Phi) is 4.12. The van der Waals surface area contributed by atoms with Crippen LogP contribution in [0.3, 0.4) is 0 Å². The summed E-state index contributed by atoms with van der Waals surface area (Å²) in [6, 6.07) is 9.46. The molecule has 5 nitrogen and oxygen atoms in total. The highest BCUT2D eigenvalue weighted by atomic mass is 16.5. The Morgan fingerprint density at radius 1 is 1.09 bits per heavy atom. The molecule has 0 fully saturated rings. The van der Waals surface area contributed by atoms with E-state index in [1.807, 2.05) is 30.3 Å². The minimum atomic E-state index is -0.343. The summed E-state index contributed by atoms with van der Waals surface area (Å²) in [4.78, 5) is 0. The summed E-state index contributed by atoms with van der Waals surface area (Å²) < 4.78 is 15.7. The van der Waals surface area contributed by atoms with E-state index >= 15 is 0 Å². The van der Waals surface area contributed by atoms with Gasteiger partial charge >= 0.3 is 0 Å². The number of hydrogen-bond acceptors (Lipinski definition) is 4. The highest BCUT2D eigenvalue weighted by Gasteiger charge is 2.31. The van der Waals surface area contributed by atoms with E-state index in [1.54, 1.807) is 0 Å². The molecule has 0 unspecified atom stereocenters. The van der Waals surface area contributed by atoms with Crippen LogP contribution in [-0.4, -0.2) is 25.9 Å². The lowest BCUT2D eigenvalue weighted by atomic mass is 9.93. The zero-order chi connectivity index (χ0) is 16.4. The molecule has 0 aliphatic carbocycles. The predicted octanol–water partition coefficient (Wildman–Crippen LogP) is 3.32. The third-order valence-electron chi connectivity index (χ3n) is 3.71. The lowest BCUT2D eigenvalue weighted by Gasteiger charge is -2.23. The van der Waals surface area contributed by atoms with E-state index in [2.05, 4.69) is 6.08 Å². The summed E-state index contributed by atoms with van der Waals surface area (Å²) in [7, 11) is 2.74. The smallest absolute Gasteiger partial charge is 0.230 e. The van der Waals surface area contributed by atoms with Crippen LogP contribution < -0.4 is 9.47 Å². The maximum atomic E-state index is 12.5. The first-order chi connectivity index (χ1) is 11.2. The highest BCUT2D eigenvalue weighted by Crippen LogP contribution is 2.52. The number of phenols is 1. The van der Waals surface area contributed by atoms with Crippen LogP contribution in [0, 0.1) is 6.08 Å². The van der Waals surface area contributed by atoms with Gasteiger partial charge in [0.15, 0.2) is 5.75 Å². The second-order valence-corrected chi connectivity index (χ2v) is 5.06. The average Bonchev–Trinajstić information content (AvgIpc) is 2.58. The van der Waals surface area contributed by atoms with Crippen LogP contribution in [0.5, 0.6) is 23.0 Å². The topological polar surface area (TPSA) is 67.8 Å². The fraction of sp³-hybridized carbons (Fsp3) is 0.222. The van der Waals surface area contributed by atoms with E-state index in [4.69, 9.17) is 14.2 Å². The van der Waals surface area contributed by atoms with Gasteiger partial charge in [0.2, 0.25) is 17.2 Å². The molecule has 0 spiro atoms. The first-order valence-corrected chi connectivity index (χ1v) is 7.10. The molecule has 2 aromatic carbocycles. The predicted molar refractivity (Wildman–Crippen MR) is 83.2 cm³/mol. The second kappa shape index (κ2) is 6.22. The van der Waals surface area contributed by atoms with Gasteiger partial charge in [0.05, 0.1) is 27.4 Å². The minimum absolute atomic E-state index is 0.0201. The van der Waals surface area contributed by atoms with Gasteiger partial charge in [0.1, 0.15) is 0 Å². The molecule has 5 heteroatoms. The normalized spacial score (nSPS) is 15.3. The molecule has 2 aromatic rings. The zero-order valence-corrected chi connectivity index (χ0v) is 12.9. The van der Waals surface area contributed by atoms with Gasteiger partial charge in [-0.15, -0.1) is 0 Å². The van der Waals surface area contributed by atoms with Crippen molar-refractivity contribution in [3.63, 3.8) is 0 Å². The largest absolute Gasteiger partial charge is 0.504 e. The van der Waals surface area contributed by atoms with Gasteiger partial charge in [-0.3, -0.25) is 5.11 Å². The molecule has 118 valence electrons. The van der Waals surface area contributed by atoms with E-state index in [-0.39, 0.29) is 36.2 Å². The molecule has 0 atom stereocenters. The van der Waals surface area contributed by atoms with Gasteiger partial charge in [-0.05, 0) is 17.2 Å². The molecule has 1 heterocycles. The lowest BCUT2D eigenvalue weighted by molar-refractivity contribution is 0.139. The van der Waals surface area contributed by atoms with Crippen molar-refractivity contribution in [1.82, 2.24) is 0 Å². The van der Waals surface area contributed by atoms with Gasteiger partial charge in [-0.1, -0.05) is 30.3 Å². The van der Waals surface area contributed by atoms with Crippen molar-refractivity contribution in [3.8, 4) is 23.0 Å². The molecular formula is C18H16O5. The van der Waals surface area contributed by atoms with E-state index in [0.29, 0.717) is 16.7 Å². The fourth-order valence-corrected chi connectivity index (χ4v) is 2.68. The summed E-state index contributed by atoms with van der Waals surface area (Å²) >= 11 is 0. The van der Waals surface area contributed by atoms with Gasteiger partial charge in [-0.25, -0.2) is 0 Å². The molecule has 3 rings (SSSR count). The average molecular weight is 312 g/mol. The maximum Gasteiger partial charge on any atom is 0.230 e. The number of rotatable bonds is 3. The third-order valence-corrected chi connectivity index (χ3v) is 3.71. The van der Waals surface area contributed by atoms with Crippen LogP contribution >= 0.6 is 0 Å². The summed E-state index contributed by atoms with van der Waals surface area (Å²) in [5, 5.41) is 23.1. The number of hydrogen-bond donors (Lipinski definition) is 1. The Bertz CT molecular complexity index is 750. The Balaban J connectivity index is 2.22. The van der Waals surface area contributed by atoms with E-state index in [0.717, 1.165) is 5.56 Å². The van der Waals surface area contributed by atoms with Crippen molar-refractivity contribution in [2.45, 2.75) is 6.61 Å². The molecule has 1 aliphatic rings. The minimum Gasteiger partial charge on any atom is -0.504 e. The summed E-state index contributed by atoms with van der Waals surface area (Å²) in [5.41, 5.74) is 2.21. The molecule has 2 radical (unpaired) electrons.